The highest BCUT2D eigenvalue weighted by atomic mass is 16.4. The topological polar surface area (TPSA) is 60.9 Å². The zero-order valence-electron chi connectivity index (χ0n) is 13.7. The summed E-state index contributed by atoms with van der Waals surface area (Å²) in [5.74, 6) is -1.12. The van der Waals surface area contributed by atoms with Crippen molar-refractivity contribution in [3.8, 4) is 0 Å². The number of hydrogen-bond donors (Lipinski definition) is 1. The van der Waals surface area contributed by atoms with Gasteiger partial charge in [0.05, 0.1) is 0 Å². The van der Waals surface area contributed by atoms with E-state index in [0.717, 1.165) is 25.1 Å². The van der Waals surface area contributed by atoms with Gasteiger partial charge in [-0.3, -0.25) is 14.5 Å². The van der Waals surface area contributed by atoms with Gasteiger partial charge in [-0.2, -0.15) is 0 Å². The predicted octanol–water partition coefficient (Wildman–Crippen LogP) is 2.39. The summed E-state index contributed by atoms with van der Waals surface area (Å²) in [7, 11) is 0. The van der Waals surface area contributed by atoms with Gasteiger partial charge >= 0.3 is 5.97 Å². The molecule has 0 bridgehead atoms. The van der Waals surface area contributed by atoms with Crippen LogP contribution in [0.25, 0.3) is 0 Å². The molecule has 0 aliphatic carbocycles. The third kappa shape index (κ3) is 4.84. The van der Waals surface area contributed by atoms with Crippen molar-refractivity contribution in [1.29, 1.82) is 0 Å². The van der Waals surface area contributed by atoms with E-state index in [4.69, 9.17) is 5.11 Å². The van der Waals surface area contributed by atoms with Crippen molar-refractivity contribution < 1.29 is 14.7 Å². The number of carboxylic acid groups (broad SMARTS) is 1. The van der Waals surface area contributed by atoms with Crippen LogP contribution in [0.15, 0.2) is 30.3 Å². The van der Waals surface area contributed by atoms with Crippen molar-refractivity contribution in [3.05, 3.63) is 35.9 Å². The van der Waals surface area contributed by atoms with Crippen molar-refractivity contribution in [2.24, 2.45) is 0 Å². The molecule has 22 heavy (non-hydrogen) atoms. The smallest absolute Gasteiger partial charge is 0.323 e. The lowest BCUT2D eigenvalue weighted by atomic mass is 10.0. The van der Waals surface area contributed by atoms with Crippen LogP contribution in [0.4, 0.5) is 0 Å². The van der Waals surface area contributed by atoms with Crippen molar-refractivity contribution in [1.82, 2.24) is 9.80 Å². The van der Waals surface area contributed by atoms with E-state index in [2.05, 4.69) is 4.90 Å². The first kappa shape index (κ1) is 18.2. The molecule has 0 saturated carbocycles. The monoisotopic (exact) mass is 306 g/mol. The van der Waals surface area contributed by atoms with Crippen LogP contribution in [-0.4, -0.2) is 53.0 Å². The first-order valence-electron chi connectivity index (χ1n) is 7.84. The van der Waals surface area contributed by atoms with E-state index in [0.29, 0.717) is 6.54 Å². The molecule has 1 aromatic carbocycles. The fraction of sp³-hybridized carbons (Fsp3) is 0.529. The van der Waals surface area contributed by atoms with Crippen LogP contribution in [0.1, 0.15) is 38.8 Å². The van der Waals surface area contributed by atoms with Gasteiger partial charge in [-0.25, -0.2) is 0 Å². The first-order valence-corrected chi connectivity index (χ1v) is 7.84. The normalized spacial score (nSPS) is 12.2. The van der Waals surface area contributed by atoms with Gasteiger partial charge in [0.1, 0.15) is 12.6 Å². The van der Waals surface area contributed by atoms with Gasteiger partial charge in [-0.15, -0.1) is 0 Å². The van der Waals surface area contributed by atoms with Crippen molar-refractivity contribution in [3.63, 3.8) is 0 Å². The van der Waals surface area contributed by atoms with E-state index in [-0.39, 0.29) is 12.5 Å². The van der Waals surface area contributed by atoms with Crippen molar-refractivity contribution in [2.75, 3.05) is 26.2 Å². The number of amides is 1. The van der Waals surface area contributed by atoms with Gasteiger partial charge in [0.15, 0.2) is 0 Å². The third-order valence-electron chi connectivity index (χ3n) is 3.66. The molecule has 1 N–H and O–H groups in total. The maximum atomic E-state index is 12.9. The van der Waals surface area contributed by atoms with Gasteiger partial charge in [-0.1, -0.05) is 51.1 Å². The molecule has 0 saturated heterocycles. The molecule has 5 heteroatoms. The Labute approximate surface area is 132 Å². The second kappa shape index (κ2) is 9.20. The maximum Gasteiger partial charge on any atom is 0.323 e. The van der Waals surface area contributed by atoms with E-state index in [1.807, 2.05) is 51.1 Å². The van der Waals surface area contributed by atoms with Crippen LogP contribution >= 0.6 is 0 Å². The third-order valence-corrected chi connectivity index (χ3v) is 3.66. The number of hydrogen-bond acceptors (Lipinski definition) is 3. The molecule has 0 fully saturated rings. The molecule has 0 aliphatic rings. The fourth-order valence-electron chi connectivity index (χ4n) is 2.61. The number of carbonyl (C=O) groups excluding carboxylic acids is 1. The van der Waals surface area contributed by atoms with Crippen LogP contribution in [0.2, 0.25) is 0 Å². The van der Waals surface area contributed by atoms with Crippen molar-refractivity contribution in [2.45, 2.75) is 33.2 Å². The van der Waals surface area contributed by atoms with Crippen LogP contribution in [0.5, 0.6) is 0 Å². The quantitative estimate of drug-likeness (QED) is 0.761. The summed E-state index contributed by atoms with van der Waals surface area (Å²) in [6.07, 6.45) is 0.735. The second-order valence-electron chi connectivity index (χ2n) is 5.19. The SMILES string of the molecule is CCCN(CC(=O)O)C(=O)C(c1ccccc1)N(CC)CC. The molecule has 1 rings (SSSR count). The number of benzene rings is 1. The Kier molecular flexibility index (Phi) is 7.60. The van der Waals surface area contributed by atoms with Gasteiger partial charge in [0.2, 0.25) is 5.91 Å². The Bertz CT molecular complexity index is 472. The molecule has 5 nitrogen and oxygen atoms in total. The highest BCUT2D eigenvalue weighted by Gasteiger charge is 2.30. The molecule has 0 aromatic heterocycles. The van der Waals surface area contributed by atoms with Gasteiger partial charge in [0.25, 0.3) is 0 Å². The Morgan fingerprint density at radius 3 is 2.14 bits per heavy atom. The molecule has 1 amide bonds. The highest BCUT2D eigenvalue weighted by molar-refractivity contribution is 5.86. The second-order valence-corrected chi connectivity index (χ2v) is 5.19. The summed E-state index contributed by atoms with van der Waals surface area (Å²) in [5, 5.41) is 9.06. The largest absolute Gasteiger partial charge is 0.480 e. The summed E-state index contributed by atoms with van der Waals surface area (Å²) < 4.78 is 0. The summed E-state index contributed by atoms with van der Waals surface area (Å²) in [5.41, 5.74) is 0.905. The maximum absolute atomic E-state index is 12.9. The minimum absolute atomic E-state index is 0.140. The molecule has 0 heterocycles. The zero-order chi connectivity index (χ0) is 16.5. The van der Waals surface area contributed by atoms with Crippen LogP contribution in [0.3, 0.4) is 0 Å². The zero-order valence-corrected chi connectivity index (χ0v) is 13.7. The van der Waals surface area contributed by atoms with E-state index in [9.17, 15) is 9.59 Å². The Morgan fingerprint density at radius 2 is 1.68 bits per heavy atom. The van der Waals surface area contributed by atoms with Crippen molar-refractivity contribution >= 4 is 11.9 Å². The molecule has 1 atom stereocenters. The van der Waals surface area contributed by atoms with E-state index in [1.165, 1.54) is 4.90 Å². The lowest BCUT2D eigenvalue weighted by Gasteiger charge is -2.33. The van der Waals surface area contributed by atoms with Crippen LogP contribution in [0, 0.1) is 0 Å². The number of rotatable bonds is 9. The minimum atomic E-state index is -0.979. The number of carbonyl (C=O) groups is 2. The predicted molar refractivity (Wildman–Crippen MR) is 86.6 cm³/mol. The summed E-state index contributed by atoms with van der Waals surface area (Å²) in [6.45, 7) is 7.62. The lowest BCUT2D eigenvalue weighted by molar-refractivity contribution is -0.147. The average Bonchev–Trinajstić information content (AvgIpc) is 2.52. The summed E-state index contributed by atoms with van der Waals surface area (Å²) >= 11 is 0. The van der Waals surface area contributed by atoms with Gasteiger partial charge in [-0.05, 0) is 25.1 Å². The van der Waals surface area contributed by atoms with Crippen LogP contribution < -0.4 is 0 Å². The standard InChI is InChI=1S/C17H26N2O3/c1-4-12-19(13-15(20)21)17(22)16(18(5-2)6-3)14-10-8-7-9-11-14/h7-11,16H,4-6,12-13H2,1-3H3,(H,20,21). The summed E-state index contributed by atoms with van der Waals surface area (Å²) in [6, 6.07) is 9.13. The molecule has 1 aromatic rings. The number of likely N-dealkylation sites (N-methyl/N-ethyl adjacent to an activating group) is 1. The molecule has 1 unspecified atom stereocenters. The highest BCUT2D eigenvalue weighted by Crippen LogP contribution is 2.23. The molecular weight excluding hydrogens is 280 g/mol. The number of aliphatic carboxylic acids is 1. The van der Waals surface area contributed by atoms with E-state index >= 15 is 0 Å². The number of carboxylic acids is 1. The lowest BCUT2D eigenvalue weighted by Crippen LogP contribution is -2.45. The molecule has 0 radical (unpaired) electrons. The van der Waals surface area contributed by atoms with Gasteiger partial charge < -0.3 is 10.0 Å². The molecule has 0 aliphatic heterocycles. The van der Waals surface area contributed by atoms with E-state index < -0.39 is 12.0 Å². The Morgan fingerprint density at radius 1 is 1.09 bits per heavy atom. The number of nitrogens with zero attached hydrogens (tertiary/aromatic N) is 2. The minimum Gasteiger partial charge on any atom is -0.480 e. The van der Waals surface area contributed by atoms with Gasteiger partial charge in [0, 0.05) is 6.54 Å². The average molecular weight is 306 g/mol. The first-order chi connectivity index (χ1) is 10.5. The Hall–Kier alpha value is -1.88. The van der Waals surface area contributed by atoms with Crippen LogP contribution in [-0.2, 0) is 9.59 Å². The molecular formula is C17H26N2O3. The fourth-order valence-corrected chi connectivity index (χ4v) is 2.61. The molecule has 122 valence electrons. The van der Waals surface area contributed by atoms with E-state index in [1.54, 1.807) is 0 Å². The Balaban J connectivity index is 3.12. The molecule has 0 spiro atoms. The summed E-state index contributed by atoms with van der Waals surface area (Å²) in [4.78, 5) is 27.5.